The molecule has 4 atom stereocenters. The molecule has 0 radical (unpaired) electrons. The van der Waals surface area contributed by atoms with Crippen LogP contribution in [0.2, 0.25) is 0 Å². The van der Waals surface area contributed by atoms with Crippen LogP contribution in [0.1, 0.15) is 32.4 Å². The van der Waals surface area contributed by atoms with Crippen LogP contribution in [0.4, 0.5) is 5.82 Å². The van der Waals surface area contributed by atoms with Gasteiger partial charge < -0.3 is 32.7 Å². The number of ether oxygens (including phenoxy) is 1. The van der Waals surface area contributed by atoms with E-state index >= 15 is 0 Å². The van der Waals surface area contributed by atoms with Gasteiger partial charge >= 0.3 is 0 Å². The maximum atomic E-state index is 12.1. The quantitative estimate of drug-likeness (QED) is 0.364. The lowest BCUT2D eigenvalue weighted by Gasteiger charge is -2.33. The molecule has 1 fully saturated rings. The number of hydrogen-bond donors (Lipinski definition) is 2. The molecule has 1 unspecified atom stereocenters. The smallest absolute Gasteiger partial charge is 0.167 e. The molecule has 2 aromatic heterocycles. The Labute approximate surface area is 156 Å². The summed E-state index contributed by atoms with van der Waals surface area (Å²) in [4.78, 5) is 24.3. The molecule has 2 aromatic rings. The highest BCUT2D eigenvalue weighted by Crippen LogP contribution is 2.50. The van der Waals surface area contributed by atoms with E-state index in [-0.39, 0.29) is 19.0 Å². The molecule has 3 N–H and O–H groups in total. The zero-order valence-corrected chi connectivity index (χ0v) is 15.9. The van der Waals surface area contributed by atoms with Crippen molar-refractivity contribution in [1.29, 1.82) is 0 Å². The van der Waals surface area contributed by atoms with Crippen LogP contribution in [0.25, 0.3) is 11.2 Å². The lowest BCUT2D eigenvalue weighted by molar-refractivity contribution is -0.212. The van der Waals surface area contributed by atoms with E-state index in [0.717, 1.165) is 12.8 Å². The summed E-state index contributed by atoms with van der Waals surface area (Å²) >= 11 is 4.84. The second-order valence-electron chi connectivity index (χ2n) is 5.94. The minimum atomic E-state index is -3.59. The molecule has 1 aliphatic rings. The molecule has 1 aliphatic heterocycles. The first-order valence-electron chi connectivity index (χ1n) is 8.28. The van der Waals surface area contributed by atoms with Crippen molar-refractivity contribution < 1.29 is 23.8 Å². The highest BCUT2D eigenvalue weighted by molar-refractivity contribution is 8.34. The van der Waals surface area contributed by atoms with Crippen molar-refractivity contribution in [3.63, 3.8) is 0 Å². The Balaban J connectivity index is 1.61. The van der Waals surface area contributed by atoms with Crippen molar-refractivity contribution in [2.75, 3.05) is 18.9 Å². The van der Waals surface area contributed by atoms with Gasteiger partial charge in [-0.25, -0.2) is 24.0 Å². The third-order valence-electron chi connectivity index (χ3n) is 4.05. The molecule has 3 heterocycles. The fourth-order valence-electron chi connectivity index (χ4n) is 2.64. The zero-order chi connectivity index (χ0) is 18.7. The van der Waals surface area contributed by atoms with Gasteiger partial charge in [0.25, 0.3) is 0 Å². The molecular formula is C14H21N5O5PS-. The van der Waals surface area contributed by atoms with E-state index in [1.165, 1.54) is 12.7 Å². The van der Waals surface area contributed by atoms with Crippen molar-refractivity contribution in [2.24, 2.45) is 0 Å². The third-order valence-corrected chi connectivity index (χ3v) is 5.64. The first-order valence-corrected chi connectivity index (χ1v) is 10.8. The number of nitrogens with two attached hydrogens (primary N) is 1. The van der Waals surface area contributed by atoms with Crippen LogP contribution in [0.3, 0.4) is 0 Å². The third kappa shape index (κ3) is 4.42. The molecule has 26 heavy (non-hydrogen) atoms. The van der Waals surface area contributed by atoms with E-state index in [9.17, 15) is 10.00 Å². The van der Waals surface area contributed by atoms with Gasteiger partial charge in [0, 0.05) is 6.42 Å². The maximum Gasteiger partial charge on any atom is 0.167 e. The molecule has 12 heteroatoms. The normalized spacial score (nSPS) is 25.6. The van der Waals surface area contributed by atoms with Gasteiger partial charge in [-0.05, 0) is 6.42 Å². The lowest BCUT2D eigenvalue weighted by Crippen LogP contribution is -2.28. The Hall–Kier alpha value is -1.07. The van der Waals surface area contributed by atoms with Crippen LogP contribution in [0, 0.1) is 0 Å². The fourth-order valence-corrected chi connectivity index (χ4v) is 3.80. The molecule has 0 saturated carbocycles. The highest BCUT2D eigenvalue weighted by Gasteiger charge is 2.37. The molecule has 1 saturated heterocycles. The van der Waals surface area contributed by atoms with E-state index in [0.29, 0.717) is 17.6 Å². The summed E-state index contributed by atoms with van der Waals surface area (Å²) in [6.07, 6.45) is 2.78. The van der Waals surface area contributed by atoms with E-state index in [4.69, 9.17) is 31.8 Å². The van der Waals surface area contributed by atoms with Gasteiger partial charge in [0.1, 0.15) is 37.9 Å². The van der Waals surface area contributed by atoms with Crippen molar-refractivity contribution in [3.8, 4) is 0 Å². The summed E-state index contributed by atoms with van der Waals surface area (Å²) in [5, 5.41) is 10.2. The second kappa shape index (κ2) is 8.30. The lowest BCUT2D eigenvalue weighted by atomic mass is 10.2. The van der Waals surface area contributed by atoms with Crippen molar-refractivity contribution in [2.45, 2.75) is 44.6 Å². The predicted octanol–water partition coefficient (Wildman–Crippen LogP) is 0.475. The molecule has 144 valence electrons. The predicted molar refractivity (Wildman–Crippen MR) is 95.4 cm³/mol. The molecule has 0 aliphatic carbocycles. The number of nitrogen functional groups attached to an aromatic ring is 1. The highest BCUT2D eigenvalue weighted by atomic mass is 32.7. The fraction of sp³-hybridized carbons (Fsp3) is 0.643. The van der Waals surface area contributed by atoms with Crippen LogP contribution in [0.5, 0.6) is 0 Å². The number of fused-ring (bicyclic) bond motifs is 1. The van der Waals surface area contributed by atoms with Crippen LogP contribution in [0.15, 0.2) is 12.7 Å². The summed E-state index contributed by atoms with van der Waals surface area (Å²) in [6, 6.07) is 0. The van der Waals surface area contributed by atoms with Gasteiger partial charge in [-0.15, -0.1) is 0 Å². The molecule has 0 spiro atoms. The van der Waals surface area contributed by atoms with Gasteiger partial charge in [-0.3, -0.25) is 4.57 Å². The summed E-state index contributed by atoms with van der Waals surface area (Å²) in [5.41, 5.74) is 6.74. The van der Waals surface area contributed by atoms with E-state index < -0.39 is 25.6 Å². The minimum absolute atomic E-state index is 0.131. The Morgan fingerprint density at radius 2 is 2.27 bits per heavy atom. The minimum Gasteiger partial charge on any atom is -0.649 e. The molecule has 0 aromatic carbocycles. The maximum absolute atomic E-state index is 12.1. The van der Waals surface area contributed by atoms with Gasteiger partial charge in [-0.1, -0.05) is 13.3 Å². The van der Waals surface area contributed by atoms with E-state index in [2.05, 4.69) is 15.0 Å². The van der Waals surface area contributed by atoms with Gasteiger partial charge in [0.15, 0.2) is 11.5 Å². The summed E-state index contributed by atoms with van der Waals surface area (Å²) < 4.78 is 17.8. The largest absolute Gasteiger partial charge is 0.649 e. The topological polar surface area (TPSA) is 141 Å². The number of unbranched alkanes of at least 4 members (excludes halogenated alkanes) is 1. The molecule has 0 bridgehead atoms. The van der Waals surface area contributed by atoms with Crippen LogP contribution < -0.4 is 10.6 Å². The van der Waals surface area contributed by atoms with E-state index in [1.807, 2.05) is 6.92 Å². The Morgan fingerprint density at radius 1 is 1.46 bits per heavy atom. The first-order chi connectivity index (χ1) is 12.4. The van der Waals surface area contributed by atoms with Crippen LogP contribution >= 0.6 is 7.15 Å². The van der Waals surface area contributed by atoms with Crippen molar-refractivity contribution in [1.82, 2.24) is 19.5 Å². The van der Waals surface area contributed by atoms with Crippen molar-refractivity contribution in [3.05, 3.63) is 12.7 Å². The average Bonchev–Trinajstić information content (AvgIpc) is 3.17. The zero-order valence-electron chi connectivity index (χ0n) is 14.2. The Kier molecular flexibility index (Phi) is 6.29. The number of anilines is 1. The van der Waals surface area contributed by atoms with E-state index in [1.54, 1.807) is 4.57 Å². The molecule has 0 amide bonds. The first kappa shape index (κ1) is 19.7. The Bertz CT molecular complexity index is 748. The summed E-state index contributed by atoms with van der Waals surface area (Å²) in [5.74, 6) is 0.267. The van der Waals surface area contributed by atoms with Crippen LogP contribution in [-0.4, -0.2) is 50.0 Å². The molecule has 10 nitrogen and oxygen atoms in total. The van der Waals surface area contributed by atoms with Crippen LogP contribution in [-0.2, 0) is 26.0 Å². The number of aliphatic hydroxyl groups excluding tert-OH is 1. The van der Waals surface area contributed by atoms with Gasteiger partial charge in [-0.2, -0.15) is 0 Å². The number of rotatable bonds is 8. The number of aromatic nitrogens is 4. The average molecular weight is 402 g/mol. The molecular weight excluding hydrogens is 381 g/mol. The summed E-state index contributed by atoms with van der Waals surface area (Å²) in [7, 11) is -3.59. The van der Waals surface area contributed by atoms with Gasteiger partial charge in [0.2, 0.25) is 0 Å². The van der Waals surface area contributed by atoms with Crippen molar-refractivity contribution >= 4 is 36.4 Å². The Morgan fingerprint density at radius 3 is 3.04 bits per heavy atom. The number of imidazole rings is 1. The summed E-state index contributed by atoms with van der Waals surface area (Å²) in [6.45, 7) is 2.13. The number of nitrogens with zero attached hydrogens (tertiary/aromatic N) is 4. The van der Waals surface area contributed by atoms with Gasteiger partial charge in [0.05, 0.1) is 19.0 Å². The molecule has 3 rings (SSSR count). The number of hydrogen-bond acceptors (Lipinski definition) is 10. The number of aliphatic hydroxyl groups is 1. The monoisotopic (exact) mass is 402 g/mol. The second-order valence-corrected chi connectivity index (χ2v) is 8.70. The standard InChI is InChI=1S/C14H22N5O5PS/c1-2-3-4-22-25(21,26)23-6-10-9(20)5-11(24-10)19-8-18-12-13(15)16-7-17-14(12)19/h7-11,20H,2-6H2,1H3,(H,21,26)(H2,15,16,17)/p-1/t9-,10+,11+,25?/m0/s1. The SMILES string of the molecule is CCCCO[P+]([O-])([S-])OC[C@H]1O[C@@H](n2cnc3c(N)ncnc32)C[C@@H]1O.